The zero-order valence-electron chi connectivity index (χ0n) is 14.8. The smallest absolute Gasteiger partial charge is 0.165 e. The summed E-state index contributed by atoms with van der Waals surface area (Å²) in [6, 6.07) is 10.1. The Labute approximate surface area is 152 Å². The van der Waals surface area contributed by atoms with Gasteiger partial charge in [-0.25, -0.2) is 4.98 Å². The third-order valence-electron chi connectivity index (χ3n) is 5.24. The van der Waals surface area contributed by atoms with Crippen LogP contribution in [0.1, 0.15) is 31.2 Å². The summed E-state index contributed by atoms with van der Waals surface area (Å²) in [6.07, 6.45) is 7.85. The van der Waals surface area contributed by atoms with Gasteiger partial charge in [-0.1, -0.05) is 24.3 Å². The van der Waals surface area contributed by atoms with Gasteiger partial charge in [-0.05, 0) is 42.9 Å². The highest BCUT2D eigenvalue weighted by molar-refractivity contribution is 5.80. The highest BCUT2D eigenvalue weighted by Crippen LogP contribution is 2.31. The Morgan fingerprint density at radius 1 is 1.08 bits per heavy atom. The van der Waals surface area contributed by atoms with Crippen molar-refractivity contribution in [3.8, 4) is 11.1 Å². The van der Waals surface area contributed by atoms with E-state index in [1.807, 2.05) is 47.2 Å². The van der Waals surface area contributed by atoms with Gasteiger partial charge in [0.15, 0.2) is 5.65 Å². The normalized spacial score (nSPS) is 17.8. The molecule has 4 rings (SSSR count). The quantitative estimate of drug-likeness (QED) is 0.738. The fourth-order valence-corrected chi connectivity index (χ4v) is 3.96. The molecule has 1 aromatic carbocycles. The molecule has 0 radical (unpaired) electrons. The van der Waals surface area contributed by atoms with Gasteiger partial charge < -0.3 is 15.1 Å². The molecule has 2 N–H and O–H groups in total. The number of aromatic nitrogens is 3. The van der Waals surface area contributed by atoms with Crippen LogP contribution < -0.4 is 4.90 Å². The van der Waals surface area contributed by atoms with Gasteiger partial charge in [-0.15, -0.1) is 0 Å². The van der Waals surface area contributed by atoms with E-state index >= 15 is 0 Å². The number of aliphatic hydroxyl groups is 2. The number of anilines is 1. The fraction of sp³-hybridized carbons (Fsp3) is 0.400. The van der Waals surface area contributed by atoms with Crippen LogP contribution in [0.3, 0.4) is 0 Å². The van der Waals surface area contributed by atoms with Crippen LogP contribution in [0.25, 0.3) is 16.8 Å². The van der Waals surface area contributed by atoms with Crippen molar-refractivity contribution in [2.24, 2.45) is 0 Å². The van der Waals surface area contributed by atoms with Gasteiger partial charge in [0.25, 0.3) is 0 Å². The van der Waals surface area contributed by atoms with Crippen LogP contribution in [-0.4, -0.2) is 44.0 Å². The molecule has 2 aromatic heterocycles. The molecule has 26 heavy (non-hydrogen) atoms. The van der Waals surface area contributed by atoms with Gasteiger partial charge in [0.1, 0.15) is 5.82 Å². The molecule has 0 saturated carbocycles. The molecule has 1 unspecified atom stereocenters. The number of hydrogen-bond donors (Lipinski definition) is 2. The van der Waals surface area contributed by atoms with E-state index in [4.69, 9.17) is 0 Å². The van der Waals surface area contributed by atoms with Crippen molar-refractivity contribution in [3.05, 3.63) is 48.3 Å². The largest absolute Gasteiger partial charge is 0.396 e. The van der Waals surface area contributed by atoms with E-state index in [9.17, 15) is 10.2 Å². The Hall–Kier alpha value is -2.44. The van der Waals surface area contributed by atoms with Crippen LogP contribution >= 0.6 is 0 Å². The van der Waals surface area contributed by atoms with Gasteiger partial charge >= 0.3 is 0 Å². The first-order valence-corrected chi connectivity index (χ1v) is 9.23. The van der Waals surface area contributed by atoms with E-state index < -0.39 is 0 Å². The predicted octanol–water partition coefficient (Wildman–Crippen LogP) is 2.63. The molecule has 1 aliphatic rings. The topological polar surface area (TPSA) is 73.9 Å². The Morgan fingerprint density at radius 3 is 2.81 bits per heavy atom. The van der Waals surface area contributed by atoms with Crippen LogP contribution in [0.4, 0.5) is 5.82 Å². The molecule has 0 aliphatic carbocycles. The Kier molecular flexibility index (Phi) is 4.86. The number of rotatable bonds is 5. The lowest BCUT2D eigenvalue weighted by atomic mass is 9.99. The molecule has 6 nitrogen and oxygen atoms in total. The highest BCUT2D eigenvalue weighted by atomic mass is 16.3. The molecule has 3 heterocycles. The van der Waals surface area contributed by atoms with E-state index in [-0.39, 0.29) is 13.2 Å². The third kappa shape index (κ3) is 2.95. The third-order valence-corrected chi connectivity index (χ3v) is 5.24. The monoisotopic (exact) mass is 352 g/mol. The SMILES string of the molecule is OCCC1CCCCN1c1ccnc2c(-c3ccccc3CO)cnn12. The van der Waals surface area contributed by atoms with Gasteiger partial charge in [-0.3, -0.25) is 0 Å². The summed E-state index contributed by atoms with van der Waals surface area (Å²) in [6.45, 7) is 1.15. The van der Waals surface area contributed by atoms with Crippen LogP contribution in [0, 0.1) is 0 Å². The summed E-state index contributed by atoms with van der Waals surface area (Å²) in [5.74, 6) is 1.01. The molecule has 3 aromatic rings. The predicted molar refractivity (Wildman–Crippen MR) is 101 cm³/mol. The molecular weight excluding hydrogens is 328 g/mol. The van der Waals surface area contributed by atoms with Crippen molar-refractivity contribution >= 4 is 11.5 Å². The first-order valence-electron chi connectivity index (χ1n) is 9.23. The summed E-state index contributed by atoms with van der Waals surface area (Å²) < 4.78 is 1.89. The zero-order chi connectivity index (χ0) is 17.9. The number of piperidine rings is 1. The Bertz CT molecular complexity index is 890. The lowest BCUT2D eigenvalue weighted by Gasteiger charge is -2.37. The van der Waals surface area contributed by atoms with Crippen LogP contribution in [0.15, 0.2) is 42.7 Å². The second-order valence-corrected chi connectivity index (χ2v) is 6.77. The van der Waals surface area contributed by atoms with E-state index in [1.54, 1.807) is 0 Å². The maximum absolute atomic E-state index is 9.66. The second-order valence-electron chi connectivity index (χ2n) is 6.77. The van der Waals surface area contributed by atoms with E-state index in [0.29, 0.717) is 6.04 Å². The minimum absolute atomic E-state index is 0.0160. The van der Waals surface area contributed by atoms with Crippen LogP contribution in [0.2, 0.25) is 0 Å². The van der Waals surface area contributed by atoms with Gasteiger partial charge in [0.2, 0.25) is 0 Å². The van der Waals surface area contributed by atoms with Crippen molar-refractivity contribution in [1.82, 2.24) is 14.6 Å². The zero-order valence-corrected chi connectivity index (χ0v) is 14.8. The average molecular weight is 352 g/mol. The minimum atomic E-state index is -0.0160. The standard InChI is InChI=1S/C20H24N4O2/c25-12-9-16-6-3-4-11-23(16)19-8-10-21-20-18(13-22-24(19)20)17-7-2-1-5-15(17)14-26/h1-2,5,7-8,10,13,16,25-26H,3-4,6,9,11-12,14H2. The number of hydrogen-bond acceptors (Lipinski definition) is 5. The fourth-order valence-electron chi connectivity index (χ4n) is 3.96. The minimum Gasteiger partial charge on any atom is -0.396 e. The van der Waals surface area contributed by atoms with E-state index in [2.05, 4.69) is 15.0 Å². The molecule has 136 valence electrons. The van der Waals surface area contributed by atoms with Gasteiger partial charge in [0.05, 0.1) is 12.8 Å². The summed E-state index contributed by atoms with van der Waals surface area (Å²) in [4.78, 5) is 6.91. The van der Waals surface area contributed by atoms with Crippen molar-refractivity contribution in [3.63, 3.8) is 0 Å². The van der Waals surface area contributed by atoms with E-state index in [0.717, 1.165) is 54.0 Å². The summed E-state index contributed by atoms with van der Waals surface area (Å²) in [5.41, 5.74) is 3.54. The first kappa shape index (κ1) is 17.0. The van der Waals surface area contributed by atoms with E-state index in [1.165, 1.54) is 6.42 Å². The van der Waals surface area contributed by atoms with Crippen LogP contribution in [-0.2, 0) is 6.61 Å². The van der Waals surface area contributed by atoms with Crippen molar-refractivity contribution in [2.75, 3.05) is 18.1 Å². The van der Waals surface area contributed by atoms with Crippen molar-refractivity contribution in [1.29, 1.82) is 0 Å². The molecule has 0 bridgehead atoms. The first-order chi connectivity index (χ1) is 12.8. The number of aliphatic hydroxyl groups excluding tert-OH is 2. The maximum Gasteiger partial charge on any atom is 0.165 e. The molecular formula is C20H24N4O2. The Balaban J connectivity index is 1.80. The number of nitrogens with zero attached hydrogens (tertiary/aromatic N) is 4. The molecule has 1 fully saturated rings. The van der Waals surface area contributed by atoms with Crippen molar-refractivity contribution < 1.29 is 10.2 Å². The van der Waals surface area contributed by atoms with Gasteiger partial charge in [-0.2, -0.15) is 9.61 Å². The second kappa shape index (κ2) is 7.43. The summed E-state index contributed by atoms with van der Waals surface area (Å²) in [5, 5.41) is 23.7. The maximum atomic E-state index is 9.66. The highest BCUT2D eigenvalue weighted by Gasteiger charge is 2.25. The Morgan fingerprint density at radius 2 is 1.96 bits per heavy atom. The molecule has 1 atom stereocenters. The molecule has 0 amide bonds. The summed E-state index contributed by atoms with van der Waals surface area (Å²) in [7, 11) is 0. The van der Waals surface area contributed by atoms with Crippen molar-refractivity contribution in [2.45, 2.75) is 38.3 Å². The van der Waals surface area contributed by atoms with Gasteiger partial charge in [0, 0.05) is 31.0 Å². The number of benzene rings is 1. The average Bonchev–Trinajstić information content (AvgIpc) is 3.13. The molecule has 0 spiro atoms. The summed E-state index contributed by atoms with van der Waals surface area (Å²) >= 11 is 0. The molecule has 6 heteroatoms. The molecule has 1 saturated heterocycles. The lowest BCUT2D eigenvalue weighted by Crippen LogP contribution is -2.41. The molecule has 1 aliphatic heterocycles. The lowest BCUT2D eigenvalue weighted by molar-refractivity contribution is 0.262. The number of fused-ring (bicyclic) bond motifs is 1. The van der Waals surface area contributed by atoms with Crippen LogP contribution in [0.5, 0.6) is 0 Å².